The fourth-order valence-corrected chi connectivity index (χ4v) is 6.02. The number of fused-ring (bicyclic) bond motifs is 6. The number of benzene rings is 3. The number of nitrogens with zero attached hydrogens (tertiary/aromatic N) is 1. The molecule has 3 aromatic rings. The molecule has 0 aromatic heterocycles. The molecule has 3 aliphatic rings. The van der Waals surface area contributed by atoms with Crippen molar-refractivity contribution in [2.75, 3.05) is 5.32 Å². The van der Waals surface area contributed by atoms with Gasteiger partial charge in [-0.05, 0) is 47.4 Å². The van der Waals surface area contributed by atoms with Gasteiger partial charge in [0.2, 0.25) is 17.7 Å². The molecule has 6 rings (SSSR count). The second-order valence-corrected chi connectivity index (χ2v) is 9.40. The van der Waals surface area contributed by atoms with Crippen molar-refractivity contribution in [1.29, 1.82) is 0 Å². The third-order valence-electron chi connectivity index (χ3n) is 7.49. The van der Waals surface area contributed by atoms with Crippen LogP contribution in [0.2, 0.25) is 0 Å². The standard InChI is InChI=1S/C28H23FN2O3/c29-20-8-3-7-17(14-20)23(31-27(33)25-18-11-12-19(13-18)26(25)28(31)34)15-24(32)30-22-10-4-6-16-5-1-2-9-21(16)22/h1-12,14,18-19,23,25-26H,13,15H2,(H,30,32). The molecule has 1 N–H and O–H groups in total. The van der Waals surface area contributed by atoms with Crippen LogP contribution in [0.25, 0.3) is 10.8 Å². The third-order valence-corrected chi connectivity index (χ3v) is 7.49. The highest BCUT2D eigenvalue weighted by molar-refractivity contribution is 6.08. The van der Waals surface area contributed by atoms with Crippen LogP contribution in [0.5, 0.6) is 0 Å². The topological polar surface area (TPSA) is 66.5 Å². The van der Waals surface area contributed by atoms with Gasteiger partial charge in [0.15, 0.2) is 0 Å². The Morgan fingerprint density at radius 1 is 0.941 bits per heavy atom. The summed E-state index contributed by atoms with van der Waals surface area (Å²) in [6, 6.07) is 18.3. The number of anilines is 1. The Morgan fingerprint density at radius 2 is 1.62 bits per heavy atom. The van der Waals surface area contributed by atoms with E-state index >= 15 is 0 Å². The van der Waals surface area contributed by atoms with Crippen molar-refractivity contribution in [3.05, 3.63) is 90.3 Å². The summed E-state index contributed by atoms with van der Waals surface area (Å²) in [7, 11) is 0. The average Bonchev–Trinajstić information content (AvgIpc) is 3.52. The van der Waals surface area contributed by atoms with Crippen molar-refractivity contribution in [1.82, 2.24) is 4.90 Å². The highest BCUT2D eigenvalue weighted by atomic mass is 19.1. The lowest BCUT2D eigenvalue weighted by atomic mass is 9.85. The maximum Gasteiger partial charge on any atom is 0.234 e. The molecule has 5 nitrogen and oxygen atoms in total. The molecule has 1 saturated carbocycles. The Morgan fingerprint density at radius 3 is 2.35 bits per heavy atom. The van der Waals surface area contributed by atoms with Crippen LogP contribution >= 0.6 is 0 Å². The molecule has 6 heteroatoms. The number of rotatable bonds is 5. The fourth-order valence-electron chi connectivity index (χ4n) is 6.02. The molecule has 170 valence electrons. The van der Waals surface area contributed by atoms with Crippen LogP contribution in [0.15, 0.2) is 78.9 Å². The molecule has 0 radical (unpaired) electrons. The first-order valence-corrected chi connectivity index (χ1v) is 11.6. The fraction of sp³-hybridized carbons (Fsp3) is 0.250. The van der Waals surface area contributed by atoms with Gasteiger partial charge in [-0.2, -0.15) is 0 Å². The number of halogens is 1. The summed E-state index contributed by atoms with van der Waals surface area (Å²) in [6.45, 7) is 0. The first-order valence-electron chi connectivity index (χ1n) is 11.6. The number of allylic oxidation sites excluding steroid dienone is 2. The van der Waals surface area contributed by atoms with Crippen LogP contribution in [-0.4, -0.2) is 22.6 Å². The van der Waals surface area contributed by atoms with Gasteiger partial charge in [0, 0.05) is 11.1 Å². The van der Waals surface area contributed by atoms with Gasteiger partial charge in [-0.1, -0.05) is 60.7 Å². The molecular formula is C28H23FN2O3. The average molecular weight is 455 g/mol. The predicted molar refractivity (Wildman–Crippen MR) is 126 cm³/mol. The zero-order valence-electron chi connectivity index (χ0n) is 18.4. The maximum absolute atomic E-state index is 14.1. The van der Waals surface area contributed by atoms with E-state index in [1.165, 1.54) is 23.1 Å². The lowest BCUT2D eigenvalue weighted by Crippen LogP contribution is -2.38. The molecule has 1 heterocycles. The Bertz CT molecular complexity index is 1330. The number of likely N-dealkylation sites (tertiary alicyclic amines) is 1. The van der Waals surface area contributed by atoms with Gasteiger partial charge in [0.1, 0.15) is 5.82 Å². The highest BCUT2D eigenvalue weighted by Gasteiger charge is 2.60. The van der Waals surface area contributed by atoms with Gasteiger partial charge in [0.25, 0.3) is 0 Å². The minimum atomic E-state index is -0.865. The minimum Gasteiger partial charge on any atom is -0.325 e. The van der Waals surface area contributed by atoms with E-state index in [0.717, 1.165) is 17.2 Å². The largest absolute Gasteiger partial charge is 0.325 e. The quantitative estimate of drug-likeness (QED) is 0.443. The lowest BCUT2D eigenvalue weighted by molar-refractivity contribution is -0.144. The molecule has 2 aliphatic carbocycles. The molecule has 0 spiro atoms. The molecular weight excluding hydrogens is 431 g/mol. The normalized spacial score (nSPS) is 25.7. The van der Waals surface area contributed by atoms with Crippen LogP contribution in [0.3, 0.4) is 0 Å². The molecule has 2 bridgehead atoms. The molecule has 34 heavy (non-hydrogen) atoms. The predicted octanol–water partition coefficient (Wildman–Crippen LogP) is 4.86. The number of carbonyl (C=O) groups is 3. The molecule has 1 saturated heterocycles. The van der Waals surface area contributed by atoms with Gasteiger partial charge >= 0.3 is 0 Å². The van der Waals surface area contributed by atoms with E-state index < -0.39 is 11.9 Å². The van der Waals surface area contributed by atoms with Crippen LogP contribution in [0, 0.1) is 29.5 Å². The van der Waals surface area contributed by atoms with Gasteiger partial charge in [-0.25, -0.2) is 4.39 Å². The van der Waals surface area contributed by atoms with Gasteiger partial charge in [-0.15, -0.1) is 0 Å². The van der Waals surface area contributed by atoms with Crippen LogP contribution < -0.4 is 5.32 Å². The molecule has 5 atom stereocenters. The molecule has 3 aromatic carbocycles. The highest BCUT2D eigenvalue weighted by Crippen LogP contribution is 2.54. The van der Waals surface area contributed by atoms with E-state index in [2.05, 4.69) is 5.32 Å². The number of nitrogens with one attached hydrogen (secondary N) is 1. The first-order chi connectivity index (χ1) is 16.5. The number of carbonyl (C=O) groups excluding carboxylic acids is 3. The monoisotopic (exact) mass is 454 g/mol. The molecule has 3 amide bonds. The van der Waals surface area contributed by atoms with E-state index in [0.29, 0.717) is 11.3 Å². The van der Waals surface area contributed by atoms with E-state index in [1.807, 2.05) is 54.6 Å². The van der Waals surface area contributed by atoms with E-state index in [4.69, 9.17) is 0 Å². The summed E-state index contributed by atoms with van der Waals surface area (Å²) in [5.74, 6) is -1.94. The van der Waals surface area contributed by atoms with Crippen molar-refractivity contribution in [3.8, 4) is 0 Å². The van der Waals surface area contributed by atoms with Crippen molar-refractivity contribution in [3.63, 3.8) is 0 Å². The number of amides is 3. The summed E-state index contributed by atoms with van der Waals surface area (Å²) < 4.78 is 14.1. The Labute approximate surface area is 196 Å². The summed E-state index contributed by atoms with van der Waals surface area (Å²) in [5.41, 5.74) is 1.09. The summed E-state index contributed by atoms with van der Waals surface area (Å²) >= 11 is 0. The maximum atomic E-state index is 14.1. The van der Waals surface area contributed by atoms with E-state index in [-0.39, 0.29) is 47.8 Å². The Kier molecular flexibility index (Phi) is 4.83. The number of imide groups is 1. The van der Waals surface area contributed by atoms with Gasteiger partial charge in [-0.3, -0.25) is 19.3 Å². The summed E-state index contributed by atoms with van der Waals surface area (Å²) in [4.78, 5) is 41.3. The molecule has 2 fully saturated rings. The molecule has 1 aliphatic heterocycles. The Hall–Kier alpha value is -3.80. The minimum absolute atomic E-state index is 0.0640. The van der Waals surface area contributed by atoms with E-state index in [1.54, 1.807) is 6.07 Å². The van der Waals surface area contributed by atoms with Crippen molar-refractivity contribution in [2.45, 2.75) is 18.9 Å². The number of hydrogen-bond acceptors (Lipinski definition) is 3. The van der Waals surface area contributed by atoms with Crippen LogP contribution in [0.1, 0.15) is 24.4 Å². The molecule has 5 unspecified atom stereocenters. The van der Waals surface area contributed by atoms with Crippen molar-refractivity contribution < 1.29 is 18.8 Å². The van der Waals surface area contributed by atoms with Crippen molar-refractivity contribution in [2.24, 2.45) is 23.7 Å². The van der Waals surface area contributed by atoms with Gasteiger partial charge < -0.3 is 5.32 Å². The SMILES string of the molecule is O=C(CC(c1cccc(F)c1)N1C(=O)C2C3C=CC(C3)C2C1=O)Nc1cccc2ccccc12. The summed E-state index contributed by atoms with van der Waals surface area (Å²) in [5, 5.41) is 4.82. The smallest absolute Gasteiger partial charge is 0.234 e. The van der Waals surface area contributed by atoms with Crippen molar-refractivity contribution >= 4 is 34.2 Å². The Balaban J connectivity index is 1.32. The second-order valence-electron chi connectivity index (χ2n) is 9.40. The zero-order chi connectivity index (χ0) is 23.4. The lowest BCUT2D eigenvalue weighted by Gasteiger charge is -2.28. The second kappa shape index (κ2) is 7.90. The van der Waals surface area contributed by atoms with Crippen LogP contribution in [-0.2, 0) is 14.4 Å². The zero-order valence-corrected chi connectivity index (χ0v) is 18.4. The van der Waals surface area contributed by atoms with E-state index in [9.17, 15) is 18.8 Å². The van der Waals surface area contributed by atoms with Crippen LogP contribution in [0.4, 0.5) is 10.1 Å². The first kappa shape index (κ1) is 20.8. The summed E-state index contributed by atoms with van der Waals surface area (Å²) in [6.07, 6.45) is 4.75. The number of hydrogen-bond donors (Lipinski definition) is 1. The van der Waals surface area contributed by atoms with Gasteiger partial charge in [0.05, 0.1) is 24.3 Å². The third kappa shape index (κ3) is 3.24.